The lowest BCUT2D eigenvalue weighted by molar-refractivity contribution is -0.132. The summed E-state index contributed by atoms with van der Waals surface area (Å²) in [5.41, 5.74) is 7.79. The number of nitrogens with two attached hydrogens (primary N) is 1. The Morgan fingerprint density at radius 1 is 1.58 bits per heavy atom. The number of likely N-dealkylation sites (tertiary alicyclic amines) is 1. The molecule has 1 aromatic heterocycles. The van der Waals surface area contributed by atoms with Crippen LogP contribution in [-0.4, -0.2) is 40.6 Å². The zero-order valence-corrected chi connectivity index (χ0v) is 12.7. The van der Waals surface area contributed by atoms with E-state index in [1.807, 2.05) is 11.1 Å². The van der Waals surface area contributed by atoms with E-state index in [2.05, 4.69) is 17.1 Å². The van der Waals surface area contributed by atoms with Crippen LogP contribution in [0.4, 0.5) is 0 Å². The molecule has 0 spiro atoms. The van der Waals surface area contributed by atoms with Crippen LogP contribution >= 0.6 is 24.8 Å². The number of nitrogens with one attached hydrogen (secondary N) is 1. The van der Waals surface area contributed by atoms with Crippen LogP contribution in [0.25, 0.3) is 0 Å². The summed E-state index contributed by atoms with van der Waals surface area (Å²) in [7, 11) is 0. The molecule has 1 amide bonds. The van der Waals surface area contributed by atoms with Gasteiger partial charge in [0.25, 0.3) is 0 Å². The van der Waals surface area contributed by atoms with Crippen LogP contribution < -0.4 is 5.73 Å². The lowest BCUT2D eigenvalue weighted by Gasteiger charge is -2.32. The number of amides is 1. The fraction of sp³-hybridized carbons (Fsp3) is 0.667. The van der Waals surface area contributed by atoms with Crippen molar-refractivity contribution in [1.29, 1.82) is 0 Å². The Labute approximate surface area is 126 Å². The number of aryl methyl sites for hydroxylation is 1. The fourth-order valence-corrected chi connectivity index (χ4v) is 2.49. The van der Waals surface area contributed by atoms with Crippen LogP contribution in [0, 0.1) is 6.92 Å². The number of hydrogen-bond acceptors (Lipinski definition) is 3. The molecule has 0 aromatic carbocycles. The Balaban J connectivity index is 0.00000162. The topological polar surface area (TPSA) is 75.0 Å². The van der Waals surface area contributed by atoms with Gasteiger partial charge < -0.3 is 10.6 Å². The predicted octanol–water partition coefficient (Wildman–Crippen LogP) is 1.62. The van der Waals surface area contributed by atoms with Gasteiger partial charge in [-0.2, -0.15) is 5.10 Å². The highest BCUT2D eigenvalue weighted by atomic mass is 35.5. The SMILES string of the molecule is Cc1cn[nH]c1C1CCCN(C(=O)CCN)C1.Cl.Cl. The molecule has 0 aliphatic carbocycles. The first-order chi connectivity index (χ1) is 8.22. The van der Waals surface area contributed by atoms with E-state index >= 15 is 0 Å². The Bertz CT molecular complexity index is 397. The van der Waals surface area contributed by atoms with Gasteiger partial charge in [0, 0.05) is 37.7 Å². The second kappa shape index (κ2) is 8.40. The molecule has 1 aliphatic rings. The van der Waals surface area contributed by atoms with E-state index in [1.165, 1.54) is 11.3 Å². The first-order valence-corrected chi connectivity index (χ1v) is 6.20. The number of carbonyl (C=O) groups excluding carboxylic acids is 1. The van der Waals surface area contributed by atoms with E-state index in [0.717, 1.165) is 25.9 Å². The van der Waals surface area contributed by atoms with Crippen molar-refractivity contribution in [3.63, 3.8) is 0 Å². The molecule has 1 atom stereocenters. The van der Waals surface area contributed by atoms with Gasteiger partial charge in [-0.25, -0.2) is 0 Å². The van der Waals surface area contributed by atoms with Gasteiger partial charge in [-0.3, -0.25) is 9.89 Å². The van der Waals surface area contributed by atoms with E-state index in [1.54, 1.807) is 0 Å². The summed E-state index contributed by atoms with van der Waals surface area (Å²) >= 11 is 0. The third-order valence-corrected chi connectivity index (χ3v) is 3.41. The highest BCUT2D eigenvalue weighted by Crippen LogP contribution is 2.27. The Hall–Kier alpha value is -0.780. The molecule has 2 rings (SSSR count). The summed E-state index contributed by atoms with van der Waals surface area (Å²) in [4.78, 5) is 13.8. The maximum absolute atomic E-state index is 11.8. The average molecular weight is 309 g/mol. The van der Waals surface area contributed by atoms with Crippen LogP contribution in [0.3, 0.4) is 0 Å². The Morgan fingerprint density at radius 3 is 2.89 bits per heavy atom. The van der Waals surface area contributed by atoms with Gasteiger partial charge in [0.05, 0.1) is 6.20 Å². The molecule has 1 aliphatic heterocycles. The minimum Gasteiger partial charge on any atom is -0.342 e. The standard InChI is InChI=1S/C12H20N4O.2ClH/c1-9-7-14-15-12(9)10-3-2-6-16(8-10)11(17)4-5-13;;/h7,10H,2-6,8,13H2,1H3,(H,14,15);2*1H. The first kappa shape index (κ1) is 18.2. The molecule has 1 saturated heterocycles. The number of aromatic amines is 1. The maximum Gasteiger partial charge on any atom is 0.223 e. The highest BCUT2D eigenvalue weighted by Gasteiger charge is 2.25. The van der Waals surface area contributed by atoms with E-state index in [4.69, 9.17) is 5.73 Å². The number of rotatable bonds is 3. The van der Waals surface area contributed by atoms with Gasteiger partial charge >= 0.3 is 0 Å². The van der Waals surface area contributed by atoms with E-state index < -0.39 is 0 Å². The number of nitrogens with zero attached hydrogens (tertiary/aromatic N) is 2. The lowest BCUT2D eigenvalue weighted by Crippen LogP contribution is -2.40. The van der Waals surface area contributed by atoms with Crippen LogP contribution in [0.15, 0.2) is 6.20 Å². The molecule has 5 nitrogen and oxygen atoms in total. The van der Waals surface area contributed by atoms with Gasteiger partial charge in [0.1, 0.15) is 0 Å². The fourth-order valence-electron chi connectivity index (χ4n) is 2.49. The molecule has 2 heterocycles. The second-order valence-electron chi connectivity index (χ2n) is 4.68. The number of aromatic nitrogens is 2. The first-order valence-electron chi connectivity index (χ1n) is 6.20. The summed E-state index contributed by atoms with van der Waals surface area (Å²) < 4.78 is 0. The molecular formula is C12H22Cl2N4O. The summed E-state index contributed by atoms with van der Waals surface area (Å²) in [5.74, 6) is 0.572. The summed E-state index contributed by atoms with van der Waals surface area (Å²) in [6, 6.07) is 0. The van der Waals surface area contributed by atoms with Crippen molar-refractivity contribution in [2.24, 2.45) is 5.73 Å². The molecule has 0 radical (unpaired) electrons. The largest absolute Gasteiger partial charge is 0.342 e. The summed E-state index contributed by atoms with van der Waals surface area (Å²) in [6.07, 6.45) is 4.47. The summed E-state index contributed by atoms with van der Waals surface area (Å²) in [5, 5.41) is 7.11. The van der Waals surface area contributed by atoms with Gasteiger partial charge in [0.2, 0.25) is 5.91 Å². The third-order valence-electron chi connectivity index (χ3n) is 3.41. The van der Waals surface area contributed by atoms with Gasteiger partial charge in [-0.15, -0.1) is 24.8 Å². The van der Waals surface area contributed by atoms with Crippen molar-refractivity contribution in [2.45, 2.75) is 32.1 Å². The third kappa shape index (κ3) is 4.37. The van der Waals surface area contributed by atoms with Crippen molar-refractivity contribution in [1.82, 2.24) is 15.1 Å². The van der Waals surface area contributed by atoms with Crippen molar-refractivity contribution >= 4 is 30.7 Å². The molecule has 1 unspecified atom stereocenters. The second-order valence-corrected chi connectivity index (χ2v) is 4.68. The number of hydrogen-bond donors (Lipinski definition) is 2. The average Bonchev–Trinajstić information content (AvgIpc) is 2.76. The molecule has 19 heavy (non-hydrogen) atoms. The maximum atomic E-state index is 11.8. The van der Waals surface area contributed by atoms with Crippen molar-refractivity contribution in [2.75, 3.05) is 19.6 Å². The molecule has 110 valence electrons. The lowest BCUT2D eigenvalue weighted by atomic mass is 9.93. The minimum absolute atomic E-state index is 0. The number of H-pyrrole nitrogens is 1. The van der Waals surface area contributed by atoms with Crippen LogP contribution in [-0.2, 0) is 4.79 Å². The molecular weight excluding hydrogens is 287 g/mol. The van der Waals surface area contributed by atoms with E-state index in [-0.39, 0.29) is 30.7 Å². The van der Waals surface area contributed by atoms with Gasteiger partial charge in [0.15, 0.2) is 0 Å². The molecule has 1 fully saturated rings. The van der Waals surface area contributed by atoms with Crippen molar-refractivity contribution < 1.29 is 4.79 Å². The summed E-state index contributed by atoms with van der Waals surface area (Å²) in [6.45, 7) is 4.15. The predicted molar refractivity (Wildman–Crippen MR) is 80.0 cm³/mol. The highest BCUT2D eigenvalue weighted by molar-refractivity contribution is 5.85. The zero-order valence-electron chi connectivity index (χ0n) is 11.1. The number of carbonyl (C=O) groups is 1. The van der Waals surface area contributed by atoms with Crippen molar-refractivity contribution in [3.05, 3.63) is 17.5 Å². The van der Waals surface area contributed by atoms with Crippen LogP contribution in [0.1, 0.15) is 36.4 Å². The van der Waals surface area contributed by atoms with E-state index in [9.17, 15) is 4.79 Å². The molecule has 0 bridgehead atoms. The normalized spacial score (nSPS) is 18.4. The number of piperidine rings is 1. The zero-order chi connectivity index (χ0) is 12.3. The Kier molecular flexibility index (Phi) is 8.06. The van der Waals surface area contributed by atoms with Crippen LogP contribution in [0.5, 0.6) is 0 Å². The monoisotopic (exact) mass is 308 g/mol. The minimum atomic E-state index is 0. The quantitative estimate of drug-likeness (QED) is 0.891. The van der Waals surface area contributed by atoms with Crippen LogP contribution in [0.2, 0.25) is 0 Å². The Morgan fingerprint density at radius 2 is 2.32 bits per heavy atom. The van der Waals surface area contributed by atoms with Crippen molar-refractivity contribution in [3.8, 4) is 0 Å². The smallest absolute Gasteiger partial charge is 0.223 e. The van der Waals surface area contributed by atoms with Gasteiger partial charge in [-0.1, -0.05) is 0 Å². The van der Waals surface area contributed by atoms with Gasteiger partial charge in [-0.05, 0) is 25.3 Å². The molecule has 3 N–H and O–H groups in total. The van der Waals surface area contributed by atoms with E-state index in [0.29, 0.717) is 18.9 Å². The molecule has 7 heteroatoms. The molecule has 0 saturated carbocycles. The molecule has 1 aromatic rings. The number of halogens is 2.